The van der Waals surface area contributed by atoms with E-state index in [0.717, 1.165) is 25.1 Å². The molecule has 1 N–H and O–H groups in total. The molecule has 0 saturated heterocycles. The number of likely N-dealkylation sites (N-methyl/N-ethyl adjacent to an activating group) is 1. The van der Waals surface area contributed by atoms with Crippen molar-refractivity contribution >= 4 is 6.09 Å². The van der Waals surface area contributed by atoms with E-state index in [0.29, 0.717) is 19.1 Å². The molecule has 0 radical (unpaired) electrons. The summed E-state index contributed by atoms with van der Waals surface area (Å²) >= 11 is 0. The fourth-order valence-electron chi connectivity index (χ4n) is 2.07. The lowest BCUT2D eigenvalue weighted by Crippen LogP contribution is -2.41. The molecule has 126 valence electrons. The first-order valence-electron chi connectivity index (χ1n) is 8.05. The van der Waals surface area contributed by atoms with E-state index in [4.69, 9.17) is 9.15 Å². The van der Waals surface area contributed by atoms with Gasteiger partial charge in [-0.05, 0) is 53.2 Å². The maximum absolute atomic E-state index is 12.0. The van der Waals surface area contributed by atoms with Crippen molar-refractivity contribution < 1.29 is 13.9 Å². The van der Waals surface area contributed by atoms with Crippen molar-refractivity contribution in [3.05, 3.63) is 24.2 Å². The van der Waals surface area contributed by atoms with Crippen molar-refractivity contribution in [2.24, 2.45) is 0 Å². The number of hydrogen-bond acceptors (Lipinski definition) is 4. The molecule has 1 atom stereocenters. The SMILES string of the molecule is CCN(CCNC(C)CCc1ccco1)C(=O)OC(C)(C)C. The van der Waals surface area contributed by atoms with E-state index >= 15 is 0 Å². The second-order valence-electron chi connectivity index (χ2n) is 6.53. The van der Waals surface area contributed by atoms with E-state index in [2.05, 4.69) is 12.2 Å². The molecule has 0 aromatic carbocycles. The van der Waals surface area contributed by atoms with E-state index in [1.807, 2.05) is 39.8 Å². The van der Waals surface area contributed by atoms with Crippen LogP contribution in [0, 0.1) is 0 Å². The van der Waals surface area contributed by atoms with Gasteiger partial charge in [-0.25, -0.2) is 4.79 Å². The zero-order valence-corrected chi connectivity index (χ0v) is 14.5. The highest BCUT2D eigenvalue weighted by Gasteiger charge is 2.20. The number of nitrogens with one attached hydrogen (secondary N) is 1. The molecule has 5 heteroatoms. The van der Waals surface area contributed by atoms with Gasteiger partial charge in [-0.3, -0.25) is 0 Å². The summed E-state index contributed by atoms with van der Waals surface area (Å²) in [6, 6.07) is 4.28. The summed E-state index contributed by atoms with van der Waals surface area (Å²) < 4.78 is 10.7. The molecule has 1 unspecified atom stereocenters. The summed E-state index contributed by atoms with van der Waals surface area (Å²) in [4.78, 5) is 13.7. The minimum atomic E-state index is -0.450. The number of rotatable bonds is 8. The molecule has 0 aliphatic heterocycles. The number of furan rings is 1. The Bertz CT molecular complexity index is 424. The molecule has 1 amide bonds. The molecule has 0 saturated carbocycles. The van der Waals surface area contributed by atoms with E-state index in [9.17, 15) is 4.79 Å². The van der Waals surface area contributed by atoms with Crippen LogP contribution in [0.25, 0.3) is 0 Å². The zero-order valence-electron chi connectivity index (χ0n) is 14.5. The highest BCUT2D eigenvalue weighted by atomic mass is 16.6. The van der Waals surface area contributed by atoms with E-state index in [1.54, 1.807) is 11.2 Å². The van der Waals surface area contributed by atoms with Gasteiger partial charge in [0.1, 0.15) is 11.4 Å². The van der Waals surface area contributed by atoms with Crippen LogP contribution < -0.4 is 5.32 Å². The molecule has 0 aliphatic carbocycles. The highest BCUT2D eigenvalue weighted by Crippen LogP contribution is 2.10. The number of nitrogens with zero attached hydrogens (tertiary/aromatic N) is 1. The fraction of sp³-hybridized carbons (Fsp3) is 0.706. The molecule has 0 spiro atoms. The molecule has 1 aromatic rings. The summed E-state index contributed by atoms with van der Waals surface area (Å²) in [5.74, 6) is 1.01. The van der Waals surface area contributed by atoms with Crippen LogP contribution >= 0.6 is 0 Å². The first-order chi connectivity index (χ1) is 10.3. The Morgan fingerprint density at radius 3 is 2.73 bits per heavy atom. The predicted octanol–water partition coefficient (Wildman–Crippen LogP) is 3.45. The van der Waals surface area contributed by atoms with Crippen molar-refractivity contribution in [2.75, 3.05) is 19.6 Å². The summed E-state index contributed by atoms with van der Waals surface area (Å²) in [7, 11) is 0. The smallest absolute Gasteiger partial charge is 0.410 e. The number of carbonyl (C=O) groups is 1. The average Bonchev–Trinajstić information content (AvgIpc) is 2.92. The second-order valence-corrected chi connectivity index (χ2v) is 6.53. The van der Waals surface area contributed by atoms with Gasteiger partial charge in [0.2, 0.25) is 0 Å². The normalized spacial score (nSPS) is 13.0. The van der Waals surface area contributed by atoms with Gasteiger partial charge in [-0.2, -0.15) is 0 Å². The molecule has 0 aliphatic rings. The third-order valence-corrected chi connectivity index (χ3v) is 3.31. The Hall–Kier alpha value is -1.49. The van der Waals surface area contributed by atoms with E-state index in [-0.39, 0.29) is 6.09 Å². The van der Waals surface area contributed by atoms with Crippen molar-refractivity contribution in [2.45, 2.75) is 59.1 Å². The van der Waals surface area contributed by atoms with Crippen LogP contribution in [0.15, 0.2) is 22.8 Å². The van der Waals surface area contributed by atoms with Gasteiger partial charge in [0.05, 0.1) is 6.26 Å². The van der Waals surface area contributed by atoms with Crippen LogP contribution in [0.3, 0.4) is 0 Å². The van der Waals surface area contributed by atoms with Crippen LogP contribution in [0.5, 0.6) is 0 Å². The van der Waals surface area contributed by atoms with Crippen molar-refractivity contribution in [1.29, 1.82) is 0 Å². The van der Waals surface area contributed by atoms with E-state index < -0.39 is 5.60 Å². The Morgan fingerprint density at radius 1 is 1.45 bits per heavy atom. The molecule has 5 nitrogen and oxygen atoms in total. The lowest BCUT2D eigenvalue weighted by molar-refractivity contribution is 0.0261. The minimum absolute atomic E-state index is 0.250. The van der Waals surface area contributed by atoms with Crippen LogP contribution in [-0.4, -0.2) is 42.3 Å². The molecular formula is C17H30N2O3. The molecule has 0 bridgehead atoms. The minimum Gasteiger partial charge on any atom is -0.469 e. The third-order valence-electron chi connectivity index (χ3n) is 3.31. The largest absolute Gasteiger partial charge is 0.469 e. The van der Waals surface area contributed by atoms with Crippen LogP contribution in [0.2, 0.25) is 0 Å². The first kappa shape index (κ1) is 18.6. The number of amides is 1. The number of carbonyl (C=O) groups excluding carboxylic acids is 1. The fourth-order valence-corrected chi connectivity index (χ4v) is 2.07. The molecule has 0 fully saturated rings. The van der Waals surface area contributed by atoms with Gasteiger partial charge in [0, 0.05) is 32.1 Å². The van der Waals surface area contributed by atoms with Crippen molar-refractivity contribution in [3.8, 4) is 0 Å². The predicted molar refractivity (Wildman–Crippen MR) is 88.0 cm³/mol. The number of hydrogen-bond donors (Lipinski definition) is 1. The van der Waals surface area contributed by atoms with Gasteiger partial charge in [-0.15, -0.1) is 0 Å². The molecular weight excluding hydrogens is 280 g/mol. The van der Waals surface area contributed by atoms with Gasteiger partial charge >= 0.3 is 6.09 Å². The monoisotopic (exact) mass is 310 g/mol. The van der Waals surface area contributed by atoms with E-state index in [1.165, 1.54) is 0 Å². The Balaban J connectivity index is 2.24. The lowest BCUT2D eigenvalue weighted by Gasteiger charge is -2.27. The van der Waals surface area contributed by atoms with Crippen molar-refractivity contribution in [3.63, 3.8) is 0 Å². The zero-order chi connectivity index (χ0) is 16.6. The topological polar surface area (TPSA) is 54.7 Å². The molecule has 1 rings (SSSR count). The average molecular weight is 310 g/mol. The van der Waals surface area contributed by atoms with Crippen LogP contribution in [0.1, 0.15) is 46.8 Å². The Kier molecular flexibility index (Phi) is 7.45. The number of ether oxygens (including phenoxy) is 1. The van der Waals surface area contributed by atoms with Gasteiger partial charge in [0.15, 0.2) is 0 Å². The summed E-state index contributed by atoms with van der Waals surface area (Å²) in [6.07, 6.45) is 3.38. The molecule has 22 heavy (non-hydrogen) atoms. The standard InChI is InChI=1S/C17H30N2O3/c1-6-19(16(20)22-17(3,4)5)12-11-18-14(2)9-10-15-8-7-13-21-15/h7-8,13-14,18H,6,9-12H2,1-5H3. The molecule has 1 aromatic heterocycles. The van der Waals surface area contributed by atoms with Crippen LogP contribution in [0.4, 0.5) is 4.79 Å². The van der Waals surface area contributed by atoms with Crippen LogP contribution in [-0.2, 0) is 11.2 Å². The molecule has 1 heterocycles. The Labute approximate surface area is 134 Å². The quantitative estimate of drug-likeness (QED) is 0.799. The third kappa shape index (κ3) is 7.50. The summed E-state index contributed by atoms with van der Waals surface area (Å²) in [6.45, 7) is 11.8. The summed E-state index contributed by atoms with van der Waals surface area (Å²) in [5.41, 5.74) is -0.450. The first-order valence-corrected chi connectivity index (χ1v) is 8.05. The Morgan fingerprint density at radius 2 is 2.18 bits per heavy atom. The second kappa shape index (κ2) is 8.83. The lowest BCUT2D eigenvalue weighted by atomic mass is 10.1. The number of aryl methyl sites for hydroxylation is 1. The van der Waals surface area contributed by atoms with Gasteiger partial charge in [-0.1, -0.05) is 0 Å². The van der Waals surface area contributed by atoms with Crippen molar-refractivity contribution in [1.82, 2.24) is 10.2 Å². The maximum Gasteiger partial charge on any atom is 0.410 e. The maximum atomic E-state index is 12.0. The van der Waals surface area contributed by atoms with Gasteiger partial charge < -0.3 is 19.4 Å². The summed E-state index contributed by atoms with van der Waals surface area (Å²) in [5, 5.41) is 3.44. The van der Waals surface area contributed by atoms with Gasteiger partial charge in [0.25, 0.3) is 0 Å². The highest BCUT2D eigenvalue weighted by molar-refractivity contribution is 5.68.